The topological polar surface area (TPSA) is 83.8 Å². The number of hydrogen-bond donors (Lipinski definition) is 3. The van der Waals surface area contributed by atoms with Crippen molar-refractivity contribution < 1.29 is 4.79 Å². The van der Waals surface area contributed by atoms with Crippen LogP contribution in [0, 0.1) is 3.57 Å². The molecule has 2 aromatic heterocycles. The van der Waals surface area contributed by atoms with Crippen LogP contribution in [0.25, 0.3) is 33.1 Å². The third-order valence-electron chi connectivity index (χ3n) is 5.59. The molecule has 0 aliphatic carbocycles. The predicted molar refractivity (Wildman–Crippen MR) is 137 cm³/mol. The molecule has 0 atom stereocenters. The number of carbonyl (C=O) groups excluding carboxylic acids is 1. The second kappa shape index (κ2) is 8.72. The van der Waals surface area contributed by atoms with Crippen LogP contribution in [0.4, 0.5) is 0 Å². The number of H-pyrrole nitrogens is 1. The number of pyridine rings is 1. The van der Waals surface area contributed by atoms with Crippen molar-refractivity contribution >= 4 is 50.3 Å². The molecule has 158 valence electrons. The van der Waals surface area contributed by atoms with Crippen LogP contribution in [0.3, 0.4) is 0 Å². The first kappa shape index (κ1) is 20.7. The number of para-hydroxylation sites is 1. The Labute approximate surface area is 199 Å². The van der Waals surface area contributed by atoms with E-state index in [1.807, 2.05) is 72.9 Å². The van der Waals surface area contributed by atoms with Crippen LogP contribution in [-0.4, -0.2) is 15.9 Å². The second-order valence-electron chi connectivity index (χ2n) is 7.67. The summed E-state index contributed by atoms with van der Waals surface area (Å²) in [4.78, 5) is 21.5. The first-order chi connectivity index (χ1) is 15.6. The summed E-state index contributed by atoms with van der Waals surface area (Å²) in [7, 11) is 0. The van der Waals surface area contributed by atoms with Crippen molar-refractivity contribution in [3.05, 3.63) is 99.3 Å². The minimum absolute atomic E-state index is 0.122. The number of aromatic amines is 1. The van der Waals surface area contributed by atoms with E-state index in [2.05, 4.69) is 39.0 Å². The van der Waals surface area contributed by atoms with Gasteiger partial charge in [-0.05, 0) is 64.0 Å². The molecule has 0 spiro atoms. The van der Waals surface area contributed by atoms with Gasteiger partial charge < -0.3 is 16.0 Å². The molecule has 0 saturated carbocycles. The largest absolute Gasteiger partial charge is 0.360 e. The van der Waals surface area contributed by atoms with Crippen LogP contribution in [0.15, 0.2) is 79.0 Å². The number of nitrogens with zero attached hydrogens (tertiary/aromatic N) is 1. The van der Waals surface area contributed by atoms with Gasteiger partial charge in [0.1, 0.15) is 0 Å². The van der Waals surface area contributed by atoms with Crippen molar-refractivity contribution in [1.29, 1.82) is 0 Å². The highest BCUT2D eigenvalue weighted by atomic mass is 127. The van der Waals surface area contributed by atoms with Gasteiger partial charge in [-0.15, -0.1) is 0 Å². The van der Waals surface area contributed by atoms with Crippen LogP contribution < -0.4 is 11.1 Å². The SMILES string of the molecule is NCc1ccc(CNC(=O)c2cc(-c3c[nH]c4ccccc34)nc3ccc(I)cc23)cc1. The molecule has 1 amide bonds. The molecular weight excluding hydrogens is 511 g/mol. The van der Waals surface area contributed by atoms with Gasteiger partial charge in [0.15, 0.2) is 0 Å². The molecule has 0 aliphatic heterocycles. The number of rotatable bonds is 5. The maximum Gasteiger partial charge on any atom is 0.252 e. The molecular formula is C26H21IN4O. The summed E-state index contributed by atoms with van der Waals surface area (Å²) in [5.41, 5.74) is 12.0. The maximum atomic E-state index is 13.3. The van der Waals surface area contributed by atoms with Crippen molar-refractivity contribution in [2.45, 2.75) is 13.1 Å². The monoisotopic (exact) mass is 532 g/mol. The average Bonchev–Trinajstić information content (AvgIpc) is 3.26. The first-order valence-corrected chi connectivity index (χ1v) is 11.4. The zero-order valence-electron chi connectivity index (χ0n) is 17.2. The van der Waals surface area contributed by atoms with Gasteiger partial charge in [0.2, 0.25) is 0 Å². The lowest BCUT2D eigenvalue weighted by atomic mass is 10.0. The van der Waals surface area contributed by atoms with E-state index >= 15 is 0 Å². The normalized spacial score (nSPS) is 11.2. The summed E-state index contributed by atoms with van der Waals surface area (Å²) in [6.45, 7) is 0.949. The van der Waals surface area contributed by atoms with Gasteiger partial charge in [0.05, 0.1) is 16.8 Å². The molecule has 0 bridgehead atoms. The lowest BCUT2D eigenvalue weighted by Crippen LogP contribution is -2.23. The number of aromatic nitrogens is 2. The molecule has 5 rings (SSSR count). The number of benzene rings is 3. The van der Waals surface area contributed by atoms with Gasteiger partial charge in [-0.1, -0.05) is 42.5 Å². The smallest absolute Gasteiger partial charge is 0.252 e. The molecule has 5 aromatic rings. The van der Waals surface area contributed by atoms with E-state index in [-0.39, 0.29) is 5.91 Å². The first-order valence-electron chi connectivity index (χ1n) is 10.4. The van der Waals surface area contributed by atoms with E-state index in [4.69, 9.17) is 10.7 Å². The number of carbonyl (C=O) groups is 1. The van der Waals surface area contributed by atoms with E-state index in [1.165, 1.54) is 0 Å². The highest BCUT2D eigenvalue weighted by Gasteiger charge is 2.16. The Morgan fingerprint density at radius 2 is 1.75 bits per heavy atom. The van der Waals surface area contributed by atoms with Crippen molar-refractivity contribution in [2.75, 3.05) is 0 Å². The maximum absolute atomic E-state index is 13.3. The molecule has 0 fully saturated rings. The van der Waals surface area contributed by atoms with Crippen LogP contribution in [0.5, 0.6) is 0 Å². The lowest BCUT2D eigenvalue weighted by Gasteiger charge is -2.11. The summed E-state index contributed by atoms with van der Waals surface area (Å²) in [6, 6.07) is 23.9. The van der Waals surface area contributed by atoms with Crippen LogP contribution >= 0.6 is 22.6 Å². The van der Waals surface area contributed by atoms with Crippen molar-refractivity contribution in [1.82, 2.24) is 15.3 Å². The summed E-state index contributed by atoms with van der Waals surface area (Å²) in [5.74, 6) is -0.122. The Morgan fingerprint density at radius 1 is 0.969 bits per heavy atom. The van der Waals surface area contributed by atoms with Gasteiger partial charge in [0, 0.05) is 44.7 Å². The van der Waals surface area contributed by atoms with E-state index in [0.717, 1.165) is 47.8 Å². The highest BCUT2D eigenvalue weighted by Crippen LogP contribution is 2.31. The molecule has 3 aromatic carbocycles. The lowest BCUT2D eigenvalue weighted by molar-refractivity contribution is 0.0952. The fourth-order valence-corrected chi connectivity index (χ4v) is 4.37. The number of fused-ring (bicyclic) bond motifs is 2. The molecule has 0 saturated heterocycles. The zero-order valence-corrected chi connectivity index (χ0v) is 19.4. The second-order valence-corrected chi connectivity index (χ2v) is 8.91. The average molecular weight is 532 g/mol. The summed E-state index contributed by atoms with van der Waals surface area (Å²) in [6.07, 6.45) is 1.95. The van der Waals surface area contributed by atoms with Gasteiger partial charge in [0.25, 0.3) is 5.91 Å². The fraction of sp³-hybridized carbons (Fsp3) is 0.0769. The molecule has 0 radical (unpaired) electrons. The highest BCUT2D eigenvalue weighted by molar-refractivity contribution is 14.1. The van der Waals surface area contributed by atoms with E-state index in [0.29, 0.717) is 18.7 Å². The molecule has 4 N–H and O–H groups in total. The third kappa shape index (κ3) is 3.99. The van der Waals surface area contributed by atoms with Crippen molar-refractivity contribution in [2.24, 2.45) is 5.73 Å². The van der Waals surface area contributed by atoms with Crippen LogP contribution in [-0.2, 0) is 13.1 Å². The van der Waals surface area contributed by atoms with Crippen LogP contribution in [0.1, 0.15) is 21.5 Å². The van der Waals surface area contributed by atoms with E-state index in [9.17, 15) is 4.79 Å². The Balaban J connectivity index is 1.54. The summed E-state index contributed by atoms with van der Waals surface area (Å²) < 4.78 is 1.06. The number of halogens is 1. The molecule has 0 unspecified atom stereocenters. The van der Waals surface area contributed by atoms with Gasteiger partial charge in [-0.25, -0.2) is 4.98 Å². The van der Waals surface area contributed by atoms with Gasteiger partial charge in [-0.3, -0.25) is 4.79 Å². The molecule has 2 heterocycles. The Kier molecular flexibility index (Phi) is 5.63. The summed E-state index contributed by atoms with van der Waals surface area (Å²) in [5, 5.41) is 4.99. The molecule has 32 heavy (non-hydrogen) atoms. The van der Waals surface area contributed by atoms with Crippen LogP contribution in [0.2, 0.25) is 0 Å². The molecule has 5 nitrogen and oxygen atoms in total. The minimum atomic E-state index is -0.122. The van der Waals surface area contributed by atoms with E-state index < -0.39 is 0 Å². The van der Waals surface area contributed by atoms with E-state index in [1.54, 1.807) is 0 Å². The van der Waals surface area contributed by atoms with Gasteiger partial charge in [-0.2, -0.15) is 0 Å². The standard InChI is InChI=1S/C26H21IN4O/c27-18-9-10-24-20(11-18)21(26(32)30-14-17-7-5-16(13-28)6-8-17)12-25(31-24)22-15-29-23-4-2-1-3-19(22)23/h1-12,15,29H,13-14,28H2,(H,30,32). The molecule has 6 heteroatoms. The zero-order chi connectivity index (χ0) is 22.1. The number of nitrogens with one attached hydrogen (secondary N) is 2. The van der Waals surface area contributed by atoms with Crippen molar-refractivity contribution in [3.8, 4) is 11.3 Å². The minimum Gasteiger partial charge on any atom is -0.360 e. The van der Waals surface area contributed by atoms with Crippen molar-refractivity contribution in [3.63, 3.8) is 0 Å². The third-order valence-corrected chi connectivity index (χ3v) is 6.26. The van der Waals surface area contributed by atoms with Gasteiger partial charge >= 0.3 is 0 Å². The number of hydrogen-bond acceptors (Lipinski definition) is 3. The summed E-state index contributed by atoms with van der Waals surface area (Å²) >= 11 is 2.26. The predicted octanol–water partition coefficient (Wildman–Crippen LogP) is 5.38. The Hall–Kier alpha value is -3.23. The quantitative estimate of drug-likeness (QED) is 0.266. The number of amides is 1. The number of nitrogens with two attached hydrogens (primary N) is 1. The Bertz CT molecular complexity index is 1440. The Morgan fingerprint density at radius 3 is 2.56 bits per heavy atom. The molecule has 0 aliphatic rings. The fourth-order valence-electron chi connectivity index (χ4n) is 3.88.